The van der Waals surface area contributed by atoms with Gasteiger partial charge < -0.3 is 33.4 Å². The van der Waals surface area contributed by atoms with E-state index in [1.807, 2.05) is 0 Å². The van der Waals surface area contributed by atoms with E-state index in [9.17, 15) is 14.7 Å². The van der Waals surface area contributed by atoms with Crippen molar-refractivity contribution < 1.29 is 38.1 Å². The highest BCUT2D eigenvalue weighted by atomic mass is 16.5. The Balaban J connectivity index is 1.51. The zero-order valence-electron chi connectivity index (χ0n) is 22.3. The number of carbonyl (C=O) groups is 2. The van der Waals surface area contributed by atoms with Crippen LogP contribution in [0.4, 0.5) is 0 Å². The number of benzene rings is 2. The quantitative estimate of drug-likeness (QED) is 0.387. The van der Waals surface area contributed by atoms with Gasteiger partial charge in [-0.3, -0.25) is 14.5 Å². The molecule has 3 aromatic rings. The molecule has 206 valence electrons. The van der Waals surface area contributed by atoms with Gasteiger partial charge in [0.15, 0.2) is 34.4 Å². The molecule has 3 heterocycles. The van der Waals surface area contributed by atoms with Gasteiger partial charge in [-0.25, -0.2) is 0 Å². The zero-order valence-corrected chi connectivity index (χ0v) is 22.3. The van der Waals surface area contributed by atoms with E-state index >= 15 is 0 Å². The fraction of sp³-hybridized carbons (Fsp3) is 0.379. The molecule has 2 aromatic carbocycles. The number of hydrogen-bond acceptors (Lipinski definition) is 9. The molecule has 1 amide bonds. The number of aliphatic hydroxyl groups is 1. The fourth-order valence-corrected chi connectivity index (χ4v) is 5.22. The van der Waals surface area contributed by atoms with Crippen molar-refractivity contribution in [2.24, 2.45) is 0 Å². The number of aliphatic hydroxyl groups excluding tert-OH is 1. The van der Waals surface area contributed by atoms with Gasteiger partial charge in [-0.2, -0.15) is 0 Å². The Labute approximate surface area is 226 Å². The summed E-state index contributed by atoms with van der Waals surface area (Å²) in [6.45, 7) is 4.12. The Morgan fingerprint density at radius 1 is 0.974 bits per heavy atom. The van der Waals surface area contributed by atoms with Crippen LogP contribution in [-0.4, -0.2) is 87.3 Å². The van der Waals surface area contributed by atoms with Crippen LogP contribution in [0.1, 0.15) is 28.6 Å². The molecule has 0 unspecified atom stereocenters. The first-order valence-corrected chi connectivity index (χ1v) is 12.8. The zero-order chi connectivity index (χ0) is 27.5. The standard InChI is InChI=1S/C29H32N2O8/c1-35-20-9-8-18(16-22(20)37-3)25-24(26(32)23-17-19-6-4-7-21(36-2)28(19)39-23)27(33)29(34)31(25)11-5-10-30-12-14-38-15-13-30/h4,6-9,16-17,25,33H,5,10-15H2,1-3H3/t25-/m1/s1. The molecule has 2 aliphatic heterocycles. The maximum Gasteiger partial charge on any atom is 0.290 e. The lowest BCUT2D eigenvalue weighted by molar-refractivity contribution is -0.129. The number of carbonyl (C=O) groups excluding carboxylic acids is 2. The average Bonchev–Trinajstić information content (AvgIpc) is 3.52. The van der Waals surface area contributed by atoms with Crippen LogP contribution in [0.5, 0.6) is 17.2 Å². The number of para-hydroxylation sites is 1. The van der Waals surface area contributed by atoms with Crippen LogP contribution in [0.3, 0.4) is 0 Å². The number of ether oxygens (including phenoxy) is 4. The highest BCUT2D eigenvalue weighted by molar-refractivity contribution is 6.16. The van der Waals surface area contributed by atoms with Crippen LogP contribution in [0.25, 0.3) is 11.0 Å². The van der Waals surface area contributed by atoms with E-state index in [4.69, 9.17) is 23.4 Å². The van der Waals surface area contributed by atoms with Gasteiger partial charge in [0.2, 0.25) is 5.78 Å². The van der Waals surface area contributed by atoms with E-state index in [0.29, 0.717) is 60.0 Å². The summed E-state index contributed by atoms with van der Waals surface area (Å²) in [6.07, 6.45) is 0.659. The number of morpholine rings is 1. The summed E-state index contributed by atoms with van der Waals surface area (Å²) in [5.41, 5.74) is 0.975. The van der Waals surface area contributed by atoms with Gasteiger partial charge in [-0.15, -0.1) is 0 Å². The maximum absolute atomic E-state index is 13.9. The Bertz CT molecular complexity index is 1410. The van der Waals surface area contributed by atoms with Gasteiger partial charge in [0.1, 0.15) is 0 Å². The molecule has 0 radical (unpaired) electrons. The summed E-state index contributed by atoms with van der Waals surface area (Å²) >= 11 is 0. The number of furan rings is 1. The lowest BCUT2D eigenvalue weighted by Crippen LogP contribution is -2.39. The number of Topliss-reactive ketones (excluding diaryl/α,β-unsaturated/α-hetero) is 1. The molecule has 0 bridgehead atoms. The number of amides is 1. The molecule has 1 aromatic heterocycles. The van der Waals surface area contributed by atoms with Crippen molar-refractivity contribution in [3.8, 4) is 17.2 Å². The first-order valence-electron chi connectivity index (χ1n) is 12.8. The van der Waals surface area contributed by atoms with Crippen molar-refractivity contribution in [3.63, 3.8) is 0 Å². The van der Waals surface area contributed by atoms with Crippen molar-refractivity contribution in [1.82, 2.24) is 9.80 Å². The molecular weight excluding hydrogens is 504 g/mol. The van der Waals surface area contributed by atoms with Gasteiger partial charge >= 0.3 is 0 Å². The number of nitrogens with zero attached hydrogens (tertiary/aromatic N) is 2. The third kappa shape index (κ3) is 5.05. The Morgan fingerprint density at radius 2 is 1.72 bits per heavy atom. The van der Waals surface area contributed by atoms with Gasteiger partial charge in [0.25, 0.3) is 5.91 Å². The minimum atomic E-state index is -0.843. The van der Waals surface area contributed by atoms with E-state index in [2.05, 4.69) is 4.90 Å². The molecule has 0 saturated carbocycles. The summed E-state index contributed by atoms with van der Waals surface area (Å²) in [5, 5.41) is 11.7. The second-order valence-corrected chi connectivity index (χ2v) is 9.40. The predicted molar refractivity (Wildman–Crippen MR) is 143 cm³/mol. The molecule has 2 aliphatic rings. The topological polar surface area (TPSA) is 111 Å². The third-order valence-corrected chi connectivity index (χ3v) is 7.20. The lowest BCUT2D eigenvalue weighted by atomic mass is 9.94. The van der Waals surface area contributed by atoms with Crippen LogP contribution in [0, 0.1) is 0 Å². The number of hydrogen-bond donors (Lipinski definition) is 1. The fourth-order valence-electron chi connectivity index (χ4n) is 5.22. The molecule has 10 nitrogen and oxygen atoms in total. The smallest absolute Gasteiger partial charge is 0.290 e. The largest absolute Gasteiger partial charge is 0.503 e. The number of rotatable bonds is 10. The van der Waals surface area contributed by atoms with Crippen molar-refractivity contribution in [3.05, 3.63) is 65.1 Å². The van der Waals surface area contributed by atoms with E-state index in [0.717, 1.165) is 19.6 Å². The van der Waals surface area contributed by atoms with Gasteiger partial charge in [0.05, 0.1) is 46.2 Å². The first-order chi connectivity index (χ1) is 19.0. The Hall–Kier alpha value is -4.02. The minimum absolute atomic E-state index is 0.00416. The molecule has 0 spiro atoms. The number of fused-ring (bicyclic) bond motifs is 1. The van der Waals surface area contributed by atoms with Crippen molar-refractivity contribution >= 4 is 22.7 Å². The highest BCUT2D eigenvalue weighted by Gasteiger charge is 2.44. The second kappa shape index (κ2) is 11.4. The molecule has 10 heteroatoms. The summed E-state index contributed by atoms with van der Waals surface area (Å²) in [7, 11) is 4.57. The summed E-state index contributed by atoms with van der Waals surface area (Å²) in [6, 6.07) is 11.3. The SMILES string of the molecule is COc1ccc([C@@H]2C(C(=O)c3cc4cccc(OC)c4o3)=C(O)C(=O)N2CCCN2CCOCC2)cc1OC. The van der Waals surface area contributed by atoms with Gasteiger partial charge in [-0.1, -0.05) is 18.2 Å². The van der Waals surface area contributed by atoms with Crippen molar-refractivity contribution in [2.45, 2.75) is 12.5 Å². The average molecular weight is 537 g/mol. The maximum atomic E-state index is 13.9. The lowest BCUT2D eigenvalue weighted by Gasteiger charge is -2.30. The van der Waals surface area contributed by atoms with E-state index in [1.54, 1.807) is 42.5 Å². The van der Waals surface area contributed by atoms with Crippen LogP contribution < -0.4 is 14.2 Å². The van der Waals surface area contributed by atoms with Crippen molar-refractivity contribution in [2.75, 3.05) is 60.7 Å². The summed E-state index contributed by atoms with van der Waals surface area (Å²) < 4.78 is 27.6. The van der Waals surface area contributed by atoms with Gasteiger partial charge in [-0.05, 0) is 36.2 Å². The molecule has 1 N–H and O–H groups in total. The van der Waals surface area contributed by atoms with Gasteiger partial charge in [0, 0.05) is 31.6 Å². The normalized spacial score (nSPS) is 18.2. The molecule has 5 rings (SSSR count). The highest BCUT2D eigenvalue weighted by Crippen LogP contribution is 2.42. The van der Waals surface area contributed by atoms with Crippen LogP contribution in [0.15, 0.2) is 58.2 Å². The van der Waals surface area contributed by atoms with Crippen LogP contribution in [-0.2, 0) is 9.53 Å². The summed E-state index contributed by atoms with van der Waals surface area (Å²) in [4.78, 5) is 31.1. The Morgan fingerprint density at radius 3 is 2.44 bits per heavy atom. The second-order valence-electron chi connectivity index (χ2n) is 9.40. The number of methoxy groups -OCH3 is 3. The molecule has 0 aliphatic carbocycles. The Kier molecular flexibility index (Phi) is 7.76. The third-order valence-electron chi connectivity index (χ3n) is 7.20. The molecule has 1 saturated heterocycles. The van der Waals surface area contributed by atoms with Crippen LogP contribution in [0.2, 0.25) is 0 Å². The van der Waals surface area contributed by atoms with Crippen LogP contribution >= 0.6 is 0 Å². The van der Waals surface area contributed by atoms with E-state index in [-0.39, 0.29) is 11.3 Å². The van der Waals surface area contributed by atoms with E-state index in [1.165, 1.54) is 26.2 Å². The first kappa shape index (κ1) is 26.6. The summed E-state index contributed by atoms with van der Waals surface area (Å²) in [5.74, 6) is -0.322. The molecule has 39 heavy (non-hydrogen) atoms. The number of ketones is 1. The molecule has 1 fully saturated rings. The minimum Gasteiger partial charge on any atom is -0.503 e. The molecular formula is C29H32N2O8. The van der Waals surface area contributed by atoms with Crippen molar-refractivity contribution in [1.29, 1.82) is 0 Å². The van der Waals surface area contributed by atoms with E-state index < -0.39 is 23.5 Å². The molecule has 1 atom stereocenters. The predicted octanol–water partition coefficient (Wildman–Crippen LogP) is 3.76. The monoisotopic (exact) mass is 536 g/mol.